The Bertz CT molecular complexity index is 554. The number of likely N-dealkylation sites (N-methyl/N-ethyl adjacent to an activating group) is 1. The van der Waals surface area contributed by atoms with Gasteiger partial charge in [-0.3, -0.25) is 0 Å². The first-order valence-electron chi connectivity index (χ1n) is 6.47. The van der Waals surface area contributed by atoms with E-state index in [1.54, 1.807) is 0 Å². The maximum Gasteiger partial charge on any atom is 0.231 e. The first-order chi connectivity index (χ1) is 9.36. The van der Waals surface area contributed by atoms with Crippen LogP contribution in [0.25, 0.3) is 0 Å². The van der Waals surface area contributed by atoms with Crippen molar-refractivity contribution in [2.45, 2.75) is 12.5 Å². The van der Waals surface area contributed by atoms with Gasteiger partial charge in [0.25, 0.3) is 0 Å². The standard InChI is InChI=1S/C16H17NO2/c1-17-14(9-12-5-3-2-4-6-12)13-7-8-15-16(10-13)19-11-18-15/h2-8,10,14,17H,9,11H2,1H3. The second-order valence-corrected chi connectivity index (χ2v) is 4.64. The summed E-state index contributed by atoms with van der Waals surface area (Å²) in [6.07, 6.45) is 0.955. The highest BCUT2D eigenvalue weighted by molar-refractivity contribution is 5.45. The molecule has 0 fully saturated rings. The minimum absolute atomic E-state index is 0.275. The first-order valence-corrected chi connectivity index (χ1v) is 6.47. The van der Waals surface area contributed by atoms with Crippen LogP contribution in [0.1, 0.15) is 17.2 Å². The van der Waals surface area contributed by atoms with Crippen LogP contribution in [0.15, 0.2) is 48.5 Å². The van der Waals surface area contributed by atoms with E-state index in [-0.39, 0.29) is 6.04 Å². The van der Waals surface area contributed by atoms with Gasteiger partial charge < -0.3 is 14.8 Å². The van der Waals surface area contributed by atoms with E-state index < -0.39 is 0 Å². The van der Waals surface area contributed by atoms with Gasteiger partial charge in [-0.2, -0.15) is 0 Å². The molecule has 1 atom stereocenters. The Balaban J connectivity index is 1.82. The lowest BCUT2D eigenvalue weighted by Gasteiger charge is -2.17. The summed E-state index contributed by atoms with van der Waals surface area (Å²) in [5.41, 5.74) is 2.54. The van der Waals surface area contributed by atoms with Gasteiger partial charge in [-0.15, -0.1) is 0 Å². The Kier molecular flexibility index (Phi) is 3.38. The molecule has 1 aliphatic rings. The van der Waals surface area contributed by atoms with E-state index >= 15 is 0 Å². The third-order valence-electron chi connectivity index (χ3n) is 3.43. The second kappa shape index (κ2) is 5.33. The normalized spacial score (nSPS) is 14.4. The molecule has 0 amide bonds. The highest BCUT2D eigenvalue weighted by Gasteiger charge is 2.17. The zero-order valence-electron chi connectivity index (χ0n) is 10.9. The predicted octanol–water partition coefficient (Wildman–Crippen LogP) is 2.92. The zero-order valence-corrected chi connectivity index (χ0v) is 10.9. The third-order valence-corrected chi connectivity index (χ3v) is 3.43. The van der Waals surface area contributed by atoms with Crippen molar-refractivity contribution in [1.29, 1.82) is 0 Å². The number of hydrogen-bond donors (Lipinski definition) is 1. The number of nitrogens with one attached hydrogen (secondary N) is 1. The van der Waals surface area contributed by atoms with Gasteiger partial charge in [-0.05, 0) is 36.7 Å². The molecule has 1 heterocycles. The summed E-state index contributed by atoms with van der Waals surface area (Å²) in [4.78, 5) is 0. The molecular formula is C16H17NO2. The molecule has 0 spiro atoms. The van der Waals surface area contributed by atoms with Crippen LogP contribution in [0.2, 0.25) is 0 Å². The van der Waals surface area contributed by atoms with Gasteiger partial charge in [-0.1, -0.05) is 36.4 Å². The quantitative estimate of drug-likeness (QED) is 0.911. The summed E-state index contributed by atoms with van der Waals surface area (Å²) in [5.74, 6) is 1.67. The average Bonchev–Trinajstić information content (AvgIpc) is 2.93. The molecule has 0 saturated heterocycles. The smallest absolute Gasteiger partial charge is 0.231 e. The van der Waals surface area contributed by atoms with E-state index in [2.05, 4.69) is 41.7 Å². The average molecular weight is 255 g/mol. The largest absolute Gasteiger partial charge is 0.454 e. The molecule has 3 heteroatoms. The van der Waals surface area contributed by atoms with Crippen LogP contribution in [-0.2, 0) is 6.42 Å². The Morgan fingerprint density at radius 3 is 2.63 bits per heavy atom. The van der Waals surface area contributed by atoms with Crippen LogP contribution in [0, 0.1) is 0 Å². The van der Waals surface area contributed by atoms with Crippen LogP contribution >= 0.6 is 0 Å². The van der Waals surface area contributed by atoms with Crippen molar-refractivity contribution in [1.82, 2.24) is 5.32 Å². The second-order valence-electron chi connectivity index (χ2n) is 4.64. The molecule has 0 saturated carbocycles. The molecule has 3 rings (SSSR count). The number of benzene rings is 2. The van der Waals surface area contributed by atoms with Crippen molar-refractivity contribution in [2.24, 2.45) is 0 Å². The summed E-state index contributed by atoms with van der Waals surface area (Å²) in [7, 11) is 1.98. The molecule has 1 aliphatic heterocycles. The molecule has 0 aromatic heterocycles. The lowest BCUT2D eigenvalue weighted by atomic mass is 9.98. The summed E-state index contributed by atoms with van der Waals surface area (Å²) < 4.78 is 10.8. The van der Waals surface area contributed by atoms with Crippen molar-refractivity contribution in [2.75, 3.05) is 13.8 Å². The molecule has 1 N–H and O–H groups in total. The predicted molar refractivity (Wildman–Crippen MR) is 74.5 cm³/mol. The molecule has 3 nitrogen and oxygen atoms in total. The van der Waals surface area contributed by atoms with Crippen molar-refractivity contribution >= 4 is 0 Å². The van der Waals surface area contributed by atoms with E-state index in [0.717, 1.165) is 17.9 Å². The van der Waals surface area contributed by atoms with Gasteiger partial charge in [-0.25, -0.2) is 0 Å². The topological polar surface area (TPSA) is 30.5 Å². The highest BCUT2D eigenvalue weighted by Crippen LogP contribution is 2.34. The fourth-order valence-corrected chi connectivity index (χ4v) is 2.37. The van der Waals surface area contributed by atoms with Gasteiger partial charge in [0.1, 0.15) is 0 Å². The number of rotatable bonds is 4. The fourth-order valence-electron chi connectivity index (χ4n) is 2.37. The summed E-state index contributed by atoms with van der Waals surface area (Å²) in [6.45, 7) is 0.321. The zero-order chi connectivity index (χ0) is 13.1. The van der Waals surface area contributed by atoms with Crippen LogP contribution in [-0.4, -0.2) is 13.8 Å². The molecule has 2 aromatic rings. The minimum atomic E-state index is 0.275. The Hall–Kier alpha value is -2.00. The lowest BCUT2D eigenvalue weighted by molar-refractivity contribution is 0.174. The van der Waals surface area contributed by atoms with E-state index in [4.69, 9.17) is 9.47 Å². The van der Waals surface area contributed by atoms with E-state index in [0.29, 0.717) is 6.79 Å². The van der Waals surface area contributed by atoms with Crippen LogP contribution < -0.4 is 14.8 Å². The van der Waals surface area contributed by atoms with Gasteiger partial charge >= 0.3 is 0 Å². The van der Waals surface area contributed by atoms with Gasteiger partial charge in [0, 0.05) is 6.04 Å². The molecular weight excluding hydrogens is 238 g/mol. The van der Waals surface area contributed by atoms with Crippen LogP contribution in [0.4, 0.5) is 0 Å². The Morgan fingerprint density at radius 1 is 1.05 bits per heavy atom. The van der Waals surface area contributed by atoms with Gasteiger partial charge in [0.2, 0.25) is 6.79 Å². The first kappa shape index (κ1) is 12.1. The van der Waals surface area contributed by atoms with E-state index in [1.807, 2.05) is 19.2 Å². The number of ether oxygens (including phenoxy) is 2. The molecule has 0 aliphatic carbocycles. The summed E-state index contributed by atoms with van der Waals surface area (Å²) in [6, 6.07) is 16.9. The summed E-state index contributed by atoms with van der Waals surface area (Å²) in [5, 5.41) is 3.36. The number of hydrogen-bond acceptors (Lipinski definition) is 3. The fraction of sp³-hybridized carbons (Fsp3) is 0.250. The minimum Gasteiger partial charge on any atom is -0.454 e. The Labute approximate surface area is 113 Å². The molecule has 0 bridgehead atoms. The Morgan fingerprint density at radius 2 is 1.84 bits per heavy atom. The van der Waals surface area contributed by atoms with Crippen molar-refractivity contribution in [3.63, 3.8) is 0 Å². The maximum absolute atomic E-state index is 5.43. The summed E-state index contributed by atoms with van der Waals surface area (Å²) >= 11 is 0. The van der Waals surface area contributed by atoms with Gasteiger partial charge in [0.05, 0.1) is 0 Å². The van der Waals surface area contributed by atoms with Crippen LogP contribution in [0.5, 0.6) is 11.5 Å². The molecule has 19 heavy (non-hydrogen) atoms. The lowest BCUT2D eigenvalue weighted by Crippen LogP contribution is -2.18. The van der Waals surface area contributed by atoms with Crippen LogP contribution in [0.3, 0.4) is 0 Å². The molecule has 1 unspecified atom stereocenters. The van der Waals surface area contributed by atoms with Gasteiger partial charge in [0.15, 0.2) is 11.5 Å². The van der Waals surface area contributed by atoms with E-state index in [1.165, 1.54) is 11.1 Å². The molecule has 98 valence electrons. The van der Waals surface area contributed by atoms with Crippen molar-refractivity contribution < 1.29 is 9.47 Å². The van der Waals surface area contributed by atoms with E-state index in [9.17, 15) is 0 Å². The SMILES string of the molecule is CNC(Cc1ccccc1)c1ccc2c(c1)OCO2. The highest BCUT2D eigenvalue weighted by atomic mass is 16.7. The maximum atomic E-state index is 5.43. The van der Waals surface area contributed by atoms with Crippen molar-refractivity contribution in [3.05, 3.63) is 59.7 Å². The molecule has 0 radical (unpaired) electrons. The third kappa shape index (κ3) is 2.56. The monoisotopic (exact) mass is 255 g/mol. The van der Waals surface area contributed by atoms with Crippen molar-refractivity contribution in [3.8, 4) is 11.5 Å². The molecule has 2 aromatic carbocycles. The number of fused-ring (bicyclic) bond motifs is 1.